The first-order valence-corrected chi connectivity index (χ1v) is 7.57. The van der Waals surface area contributed by atoms with E-state index in [1.165, 1.54) is 16.7 Å². The van der Waals surface area contributed by atoms with Crippen molar-refractivity contribution >= 4 is 15.9 Å². The highest BCUT2D eigenvalue weighted by Gasteiger charge is 2.03. The number of nitrogens with one attached hydrogen (secondary N) is 1. The molecule has 0 saturated heterocycles. The number of hydrogen-bond acceptors (Lipinski definition) is 2. The van der Waals surface area contributed by atoms with Gasteiger partial charge in [0.2, 0.25) is 0 Å². The molecule has 1 N–H and O–H groups in total. The van der Waals surface area contributed by atoms with Gasteiger partial charge in [0.1, 0.15) is 5.75 Å². The molecule has 0 fully saturated rings. The molecule has 0 radical (unpaired) electrons. The number of rotatable bonds is 6. The van der Waals surface area contributed by atoms with Crippen LogP contribution in [0.2, 0.25) is 0 Å². The molecule has 0 aromatic heterocycles. The summed E-state index contributed by atoms with van der Waals surface area (Å²) < 4.78 is 6.45. The largest absolute Gasteiger partial charge is 0.496 e. The van der Waals surface area contributed by atoms with Crippen molar-refractivity contribution in [1.29, 1.82) is 0 Å². The first-order valence-electron chi connectivity index (χ1n) is 6.77. The zero-order chi connectivity index (χ0) is 14.4. The minimum Gasteiger partial charge on any atom is -0.496 e. The van der Waals surface area contributed by atoms with Gasteiger partial charge in [-0.1, -0.05) is 45.8 Å². The van der Waals surface area contributed by atoms with Crippen molar-refractivity contribution in [2.75, 3.05) is 13.7 Å². The molecular formula is C17H20BrNO. The van der Waals surface area contributed by atoms with Crippen molar-refractivity contribution in [2.45, 2.75) is 19.9 Å². The second-order valence-electron chi connectivity index (χ2n) is 4.87. The van der Waals surface area contributed by atoms with E-state index in [4.69, 9.17) is 4.74 Å². The zero-order valence-electron chi connectivity index (χ0n) is 11.9. The minimum atomic E-state index is 0.814. The Kier molecular flexibility index (Phi) is 5.62. The fraction of sp³-hybridized carbons (Fsp3) is 0.294. The van der Waals surface area contributed by atoms with Crippen molar-refractivity contribution in [3.8, 4) is 5.75 Å². The molecule has 2 aromatic carbocycles. The topological polar surface area (TPSA) is 21.3 Å². The van der Waals surface area contributed by atoms with E-state index in [-0.39, 0.29) is 0 Å². The molecule has 0 bridgehead atoms. The van der Waals surface area contributed by atoms with Gasteiger partial charge in [0.15, 0.2) is 0 Å². The smallest absolute Gasteiger partial charge is 0.123 e. The third-order valence-corrected chi connectivity index (χ3v) is 3.72. The Balaban J connectivity index is 1.85. The maximum Gasteiger partial charge on any atom is 0.123 e. The molecular weight excluding hydrogens is 314 g/mol. The van der Waals surface area contributed by atoms with Crippen LogP contribution in [0.3, 0.4) is 0 Å². The zero-order valence-corrected chi connectivity index (χ0v) is 13.5. The number of aryl methyl sites for hydroxylation is 1. The Morgan fingerprint density at radius 3 is 2.75 bits per heavy atom. The van der Waals surface area contributed by atoms with Gasteiger partial charge in [-0.15, -0.1) is 0 Å². The average Bonchev–Trinajstić information content (AvgIpc) is 2.44. The summed E-state index contributed by atoms with van der Waals surface area (Å²) in [6.45, 7) is 3.90. The van der Waals surface area contributed by atoms with Crippen LogP contribution in [-0.4, -0.2) is 13.7 Å². The first kappa shape index (κ1) is 15.1. The number of hydrogen-bond donors (Lipinski definition) is 1. The Bertz CT molecular complexity index is 569. The third-order valence-electron chi connectivity index (χ3n) is 3.23. The highest BCUT2D eigenvalue weighted by molar-refractivity contribution is 9.10. The second-order valence-corrected chi connectivity index (χ2v) is 5.79. The summed E-state index contributed by atoms with van der Waals surface area (Å²) in [7, 11) is 1.71. The van der Waals surface area contributed by atoms with Gasteiger partial charge in [-0.2, -0.15) is 0 Å². The van der Waals surface area contributed by atoms with Gasteiger partial charge in [0, 0.05) is 16.6 Å². The molecule has 106 valence electrons. The maximum absolute atomic E-state index is 5.37. The van der Waals surface area contributed by atoms with E-state index in [0.717, 1.165) is 29.7 Å². The van der Waals surface area contributed by atoms with E-state index in [0.29, 0.717) is 0 Å². The van der Waals surface area contributed by atoms with Crippen LogP contribution in [0.5, 0.6) is 5.75 Å². The lowest BCUT2D eigenvalue weighted by atomic mass is 10.1. The molecule has 0 heterocycles. The van der Waals surface area contributed by atoms with Crippen LogP contribution < -0.4 is 10.1 Å². The molecule has 0 spiro atoms. The third kappa shape index (κ3) is 4.36. The van der Waals surface area contributed by atoms with Crippen LogP contribution in [-0.2, 0) is 13.0 Å². The van der Waals surface area contributed by atoms with Gasteiger partial charge in [0.25, 0.3) is 0 Å². The van der Waals surface area contributed by atoms with Crippen LogP contribution in [0.1, 0.15) is 16.7 Å². The Labute approximate surface area is 129 Å². The molecule has 0 aliphatic rings. The van der Waals surface area contributed by atoms with Gasteiger partial charge in [-0.3, -0.25) is 0 Å². The molecule has 2 nitrogen and oxygen atoms in total. The molecule has 0 atom stereocenters. The lowest BCUT2D eigenvalue weighted by Gasteiger charge is -2.10. The van der Waals surface area contributed by atoms with Crippen molar-refractivity contribution in [3.63, 3.8) is 0 Å². The number of ether oxygens (including phenoxy) is 1. The molecule has 2 aromatic rings. The van der Waals surface area contributed by atoms with E-state index in [9.17, 15) is 0 Å². The summed E-state index contributed by atoms with van der Waals surface area (Å²) in [5.41, 5.74) is 3.86. The number of methoxy groups -OCH3 is 1. The lowest BCUT2D eigenvalue weighted by molar-refractivity contribution is 0.407. The predicted molar refractivity (Wildman–Crippen MR) is 87.3 cm³/mol. The van der Waals surface area contributed by atoms with E-state index in [1.54, 1.807) is 7.11 Å². The summed E-state index contributed by atoms with van der Waals surface area (Å²) >= 11 is 3.50. The van der Waals surface area contributed by atoms with Gasteiger partial charge < -0.3 is 10.1 Å². The van der Waals surface area contributed by atoms with Crippen molar-refractivity contribution < 1.29 is 4.74 Å². The van der Waals surface area contributed by atoms with E-state index in [1.807, 2.05) is 12.1 Å². The van der Waals surface area contributed by atoms with Crippen molar-refractivity contribution in [3.05, 3.63) is 63.6 Å². The second kappa shape index (κ2) is 7.46. The van der Waals surface area contributed by atoms with Gasteiger partial charge in [0.05, 0.1) is 7.11 Å². The fourth-order valence-corrected chi connectivity index (χ4v) is 2.62. The molecule has 2 rings (SSSR count). The van der Waals surface area contributed by atoms with Crippen molar-refractivity contribution in [2.24, 2.45) is 0 Å². The quantitative estimate of drug-likeness (QED) is 0.803. The van der Waals surface area contributed by atoms with Crippen LogP contribution in [0.4, 0.5) is 0 Å². The normalized spacial score (nSPS) is 10.6. The summed E-state index contributed by atoms with van der Waals surface area (Å²) in [6, 6.07) is 14.7. The monoisotopic (exact) mass is 333 g/mol. The standard InChI is InChI=1S/C17H20BrNO/c1-13-4-3-5-14(10-13)8-9-19-12-15-11-16(18)6-7-17(15)20-2/h3-7,10-11,19H,8-9,12H2,1-2H3. The van der Waals surface area contributed by atoms with E-state index < -0.39 is 0 Å². The van der Waals surface area contributed by atoms with Gasteiger partial charge >= 0.3 is 0 Å². The molecule has 0 saturated carbocycles. The Morgan fingerprint density at radius 1 is 1.15 bits per heavy atom. The summed E-state index contributed by atoms with van der Waals surface area (Å²) in [5.74, 6) is 0.927. The highest BCUT2D eigenvalue weighted by atomic mass is 79.9. The fourth-order valence-electron chi connectivity index (χ4n) is 2.21. The van der Waals surface area contributed by atoms with Crippen LogP contribution >= 0.6 is 15.9 Å². The van der Waals surface area contributed by atoms with E-state index in [2.05, 4.69) is 58.5 Å². The summed E-state index contributed by atoms with van der Waals surface area (Å²) in [4.78, 5) is 0. The molecule has 0 amide bonds. The maximum atomic E-state index is 5.37. The molecule has 3 heteroatoms. The van der Waals surface area contributed by atoms with Gasteiger partial charge in [-0.05, 0) is 43.7 Å². The lowest BCUT2D eigenvalue weighted by Crippen LogP contribution is -2.17. The Hall–Kier alpha value is -1.32. The number of halogens is 1. The minimum absolute atomic E-state index is 0.814. The first-order chi connectivity index (χ1) is 9.69. The van der Waals surface area contributed by atoms with Gasteiger partial charge in [-0.25, -0.2) is 0 Å². The number of benzene rings is 2. The molecule has 20 heavy (non-hydrogen) atoms. The van der Waals surface area contributed by atoms with Crippen LogP contribution in [0.15, 0.2) is 46.9 Å². The van der Waals surface area contributed by atoms with Crippen molar-refractivity contribution in [1.82, 2.24) is 5.32 Å². The van der Waals surface area contributed by atoms with Crippen LogP contribution in [0.25, 0.3) is 0 Å². The summed E-state index contributed by atoms with van der Waals surface area (Å²) in [6.07, 6.45) is 1.04. The average molecular weight is 334 g/mol. The highest BCUT2D eigenvalue weighted by Crippen LogP contribution is 2.22. The SMILES string of the molecule is COc1ccc(Br)cc1CNCCc1cccc(C)c1. The van der Waals surface area contributed by atoms with E-state index >= 15 is 0 Å². The molecule has 0 aliphatic heterocycles. The summed E-state index contributed by atoms with van der Waals surface area (Å²) in [5, 5.41) is 3.47. The molecule has 0 aliphatic carbocycles. The molecule has 0 unspecified atom stereocenters. The predicted octanol–water partition coefficient (Wildman–Crippen LogP) is 4.10. The van der Waals surface area contributed by atoms with Crippen LogP contribution in [0, 0.1) is 6.92 Å². The Morgan fingerprint density at radius 2 is 2.00 bits per heavy atom.